The number of nitrogens with two attached hydrogens (primary N) is 4. The molecule has 5 amide bonds. The van der Waals surface area contributed by atoms with Gasteiger partial charge in [-0.3, -0.25) is 24.0 Å². The molecular weight excluding hydrogens is 478 g/mol. The van der Waals surface area contributed by atoms with Gasteiger partial charge >= 0.3 is 5.97 Å². The monoisotopic (exact) mass is 511 g/mol. The van der Waals surface area contributed by atoms with Crippen molar-refractivity contribution in [1.82, 2.24) is 25.9 Å². The normalized spacial score (nSPS) is 14.1. The highest BCUT2D eigenvalue weighted by molar-refractivity contribution is 5.97. The van der Waals surface area contributed by atoms with Crippen molar-refractivity contribution in [2.75, 3.05) is 6.54 Å². The van der Waals surface area contributed by atoms with Crippen LogP contribution in [0.1, 0.15) is 37.8 Å². The van der Waals surface area contributed by atoms with E-state index in [1.54, 1.807) is 0 Å². The number of nitrogens with zero attached hydrogens (tertiary/aromatic N) is 1. The van der Waals surface area contributed by atoms with Crippen LogP contribution in [0.25, 0.3) is 0 Å². The first-order chi connectivity index (χ1) is 16.9. The fourth-order valence-electron chi connectivity index (χ4n) is 3.10. The Hall–Kier alpha value is -4.05. The van der Waals surface area contributed by atoms with Gasteiger partial charge in [-0.1, -0.05) is 6.42 Å². The summed E-state index contributed by atoms with van der Waals surface area (Å²) in [6.45, 7) is 0.412. The van der Waals surface area contributed by atoms with Crippen LogP contribution in [0.5, 0.6) is 0 Å². The molecular formula is C20H33N9O7. The third-order valence-corrected chi connectivity index (χ3v) is 4.98. The van der Waals surface area contributed by atoms with Gasteiger partial charge in [0.25, 0.3) is 0 Å². The minimum Gasteiger partial charge on any atom is -0.480 e. The summed E-state index contributed by atoms with van der Waals surface area (Å²) in [5.74, 6) is -6.10. The van der Waals surface area contributed by atoms with Crippen molar-refractivity contribution in [3.63, 3.8) is 0 Å². The number of aromatic nitrogens is 2. The molecule has 4 unspecified atom stereocenters. The fourth-order valence-corrected chi connectivity index (χ4v) is 3.10. The van der Waals surface area contributed by atoms with Crippen LogP contribution in [0.3, 0.4) is 0 Å². The summed E-state index contributed by atoms with van der Waals surface area (Å²) in [4.78, 5) is 79.0. The number of H-pyrrole nitrogens is 1. The fraction of sp³-hybridized carbons (Fsp3) is 0.550. The molecule has 0 fully saturated rings. The molecule has 1 rings (SSSR count). The van der Waals surface area contributed by atoms with E-state index >= 15 is 0 Å². The van der Waals surface area contributed by atoms with Gasteiger partial charge < -0.3 is 49.0 Å². The minimum atomic E-state index is -1.61. The van der Waals surface area contributed by atoms with E-state index in [0.29, 0.717) is 25.1 Å². The second kappa shape index (κ2) is 15.0. The van der Waals surface area contributed by atoms with Gasteiger partial charge in [-0.2, -0.15) is 0 Å². The van der Waals surface area contributed by atoms with Crippen LogP contribution in [0, 0.1) is 0 Å². The number of hydrogen-bond donors (Lipinski definition) is 9. The van der Waals surface area contributed by atoms with E-state index in [-0.39, 0.29) is 12.8 Å². The lowest BCUT2D eigenvalue weighted by Gasteiger charge is -2.24. The van der Waals surface area contributed by atoms with Crippen LogP contribution in [0.15, 0.2) is 12.5 Å². The SMILES string of the molecule is NCCCCC(N)C(=O)NC(CC(N)=O)C(=O)NC(CC(N)=O)C(=O)NC(Cc1cnc[nH]1)C(=O)O. The number of hydrogen-bond acceptors (Lipinski definition) is 9. The van der Waals surface area contributed by atoms with E-state index in [0.717, 1.165) is 0 Å². The molecule has 0 aliphatic carbocycles. The van der Waals surface area contributed by atoms with E-state index in [2.05, 4.69) is 25.9 Å². The summed E-state index contributed by atoms with van der Waals surface area (Å²) >= 11 is 0. The highest BCUT2D eigenvalue weighted by Crippen LogP contribution is 2.04. The molecule has 0 aliphatic heterocycles. The topological polar surface area (TPSA) is 292 Å². The van der Waals surface area contributed by atoms with E-state index in [1.165, 1.54) is 12.5 Å². The summed E-state index contributed by atoms with van der Waals surface area (Å²) in [6.07, 6.45) is 2.66. The lowest BCUT2D eigenvalue weighted by molar-refractivity contribution is -0.142. The first kappa shape index (κ1) is 30.0. The second-order valence-corrected chi connectivity index (χ2v) is 8.03. The number of carboxylic acids is 1. The first-order valence-electron chi connectivity index (χ1n) is 11.1. The second-order valence-electron chi connectivity index (χ2n) is 8.03. The summed E-state index contributed by atoms with van der Waals surface area (Å²) in [5, 5.41) is 16.2. The molecule has 200 valence electrons. The Kier molecular flexibility index (Phi) is 12.5. The molecule has 1 heterocycles. The smallest absolute Gasteiger partial charge is 0.326 e. The van der Waals surface area contributed by atoms with Crippen molar-refractivity contribution >= 4 is 35.5 Å². The molecule has 4 atom stereocenters. The number of rotatable bonds is 17. The molecule has 1 aromatic heterocycles. The Balaban J connectivity index is 2.95. The molecule has 1 aromatic rings. The zero-order chi connectivity index (χ0) is 27.3. The van der Waals surface area contributed by atoms with E-state index in [9.17, 15) is 33.9 Å². The number of carbonyl (C=O) groups is 6. The lowest BCUT2D eigenvalue weighted by Crippen LogP contribution is -2.58. The van der Waals surface area contributed by atoms with Crippen molar-refractivity contribution in [2.45, 2.75) is 62.7 Å². The van der Waals surface area contributed by atoms with Gasteiger partial charge in [0.1, 0.15) is 18.1 Å². The largest absolute Gasteiger partial charge is 0.480 e. The molecule has 13 N–H and O–H groups in total. The maximum Gasteiger partial charge on any atom is 0.326 e. The number of amides is 5. The van der Waals surface area contributed by atoms with Gasteiger partial charge in [-0.25, -0.2) is 9.78 Å². The molecule has 0 saturated carbocycles. The standard InChI is InChI=1S/C20H33N9O7/c21-4-2-1-3-11(22)17(32)27-12(6-15(23)30)18(33)28-13(7-16(24)31)19(34)29-14(20(35)36)5-10-8-25-9-26-10/h8-9,11-14H,1-7,21-22H2,(H2,23,30)(H2,24,31)(H,25,26)(H,27,32)(H,28,33)(H,29,34)(H,35,36). The average Bonchev–Trinajstić information content (AvgIpc) is 3.30. The molecule has 0 saturated heterocycles. The number of carbonyl (C=O) groups excluding carboxylic acids is 5. The molecule has 0 bridgehead atoms. The van der Waals surface area contributed by atoms with Gasteiger partial charge in [0, 0.05) is 18.3 Å². The van der Waals surface area contributed by atoms with Crippen molar-refractivity contribution in [3.05, 3.63) is 18.2 Å². The number of primary amides is 2. The molecule has 0 radical (unpaired) electrons. The summed E-state index contributed by atoms with van der Waals surface area (Å²) < 4.78 is 0. The molecule has 36 heavy (non-hydrogen) atoms. The van der Waals surface area contributed by atoms with Gasteiger partial charge in [0.15, 0.2) is 0 Å². The number of imidazole rings is 1. The number of carboxylic acid groups (broad SMARTS) is 1. The third-order valence-electron chi connectivity index (χ3n) is 4.98. The molecule has 0 spiro atoms. The number of unbranched alkanes of at least 4 members (excludes halogenated alkanes) is 1. The summed E-state index contributed by atoms with van der Waals surface area (Å²) in [6, 6.07) is -5.55. The summed E-state index contributed by atoms with van der Waals surface area (Å²) in [7, 11) is 0. The van der Waals surface area contributed by atoms with Crippen LogP contribution >= 0.6 is 0 Å². The van der Waals surface area contributed by atoms with Crippen molar-refractivity contribution in [2.24, 2.45) is 22.9 Å². The van der Waals surface area contributed by atoms with Crippen molar-refractivity contribution in [1.29, 1.82) is 0 Å². The van der Waals surface area contributed by atoms with Gasteiger partial charge in [-0.15, -0.1) is 0 Å². The van der Waals surface area contributed by atoms with Crippen LogP contribution < -0.4 is 38.9 Å². The zero-order valence-corrected chi connectivity index (χ0v) is 19.6. The zero-order valence-electron chi connectivity index (χ0n) is 19.6. The minimum absolute atomic E-state index is 0.166. The predicted molar refractivity (Wildman–Crippen MR) is 124 cm³/mol. The van der Waals surface area contributed by atoms with Crippen molar-refractivity contribution < 1.29 is 33.9 Å². The Morgan fingerprint density at radius 1 is 0.889 bits per heavy atom. The van der Waals surface area contributed by atoms with Crippen LogP contribution in [0.4, 0.5) is 0 Å². The van der Waals surface area contributed by atoms with E-state index in [4.69, 9.17) is 22.9 Å². The molecule has 0 aliphatic rings. The predicted octanol–water partition coefficient (Wildman–Crippen LogP) is -4.30. The maximum absolute atomic E-state index is 12.8. The molecule has 16 heteroatoms. The van der Waals surface area contributed by atoms with Crippen LogP contribution in [0.2, 0.25) is 0 Å². The quantitative estimate of drug-likeness (QED) is 0.0906. The first-order valence-corrected chi connectivity index (χ1v) is 11.1. The van der Waals surface area contributed by atoms with Crippen molar-refractivity contribution in [3.8, 4) is 0 Å². The van der Waals surface area contributed by atoms with E-state index < -0.39 is 72.5 Å². The van der Waals surface area contributed by atoms with Gasteiger partial charge in [-0.05, 0) is 19.4 Å². The Bertz CT molecular complexity index is 923. The van der Waals surface area contributed by atoms with E-state index in [1.807, 2.05) is 0 Å². The van der Waals surface area contributed by atoms with Gasteiger partial charge in [0.2, 0.25) is 29.5 Å². The number of nitrogens with one attached hydrogen (secondary N) is 4. The Morgan fingerprint density at radius 3 is 1.86 bits per heavy atom. The Morgan fingerprint density at radius 2 is 1.42 bits per heavy atom. The van der Waals surface area contributed by atoms with Crippen LogP contribution in [-0.2, 0) is 35.2 Å². The highest BCUT2D eigenvalue weighted by atomic mass is 16.4. The van der Waals surface area contributed by atoms with Crippen LogP contribution in [-0.4, -0.2) is 81.3 Å². The lowest BCUT2D eigenvalue weighted by atomic mass is 10.1. The van der Waals surface area contributed by atoms with Gasteiger partial charge in [0.05, 0.1) is 25.2 Å². The highest BCUT2D eigenvalue weighted by Gasteiger charge is 2.32. The molecule has 16 nitrogen and oxygen atoms in total. The molecule has 0 aromatic carbocycles. The third kappa shape index (κ3) is 10.9. The average molecular weight is 512 g/mol. The number of aliphatic carboxylic acids is 1. The summed E-state index contributed by atoms with van der Waals surface area (Å²) in [5.41, 5.74) is 22.0. The maximum atomic E-state index is 12.8. The Labute approximate surface area is 206 Å². The number of aromatic amines is 1.